The maximum atomic E-state index is 12.6. The van der Waals surface area contributed by atoms with Crippen molar-refractivity contribution in [2.45, 2.75) is 12.6 Å². The maximum Gasteiger partial charge on any atom is 0.331 e. The Bertz CT molecular complexity index is 773. The molecule has 5 nitrogen and oxygen atoms in total. The van der Waals surface area contributed by atoms with Gasteiger partial charge in [0.25, 0.3) is 5.91 Å². The van der Waals surface area contributed by atoms with Crippen LogP contribution in [0.25, 0.3) is 0 Å². The summed E-state index contributed by atoms with van der Waals surface area (Å²) in [5.41, 5.74) is 1.52. The average molecular weight is 332 g/mol. The largest absolute Gasteiger partial charge is 0.497 e. The average Bonchev–Trinajstić information content (AvgIpc) is 2.83. The summed E-state index contributed by atoms with van der Waals surface area (Å²) in [6, 6.07) is 10.9. The van der Waals surface area contributed by atoms with Gasteiger partial charge in [-0.1, -0.05) is 29.8 Å². The summed E-state index contributed by atoms with van der Waals surface area (Å²) in [7, 11) is 1.57. The van der Waals surface area contributed by atoms with E-state index in [1.807, 2.05) is 0 Å². The second-order valence-electron chi connectivity index (χ2n) is 5.22. The van der Waals surface area contributed by atoms with Gasteiger partial charge in [-0.3, -0.25) is 4.79 Å². The molecule has 0 bridgehead atoms. The minimum Gasteiger partial charge on any atom is -0.497 e. The third-order valence-corrected chi connectivity index (χ3v) is 4.20. The molecule has 0 spiro atoms. The van der Waals surface area contributed by atoms with Gasteiger partial charge in [-0.05, 0) is 29.8 Å². The maximum absolute atomic E-state index is 12.6. The molecule has 0 saturated carbocycles. The number of rotatable bonds is 4. The Morgan fingerprint density at radius 3 is 2.57 bits per heavy atom. The van der Waals surface area contributed by atoms with Crippen LogP contribution in [0, 0.1) is 0 Å². The van der Waals surface area contributed by atoms with E-state index in [2.05, 4.69) is 0 Å². The molecule has 1 aliphatic heterocycles. The van der Waals surface area contributed by atoms with Crippen LogP contribution < -0.4 is 4.74 Å². The van der Waals surface area contributed by atoms with Crippen molar-refractivity contribution in [3.05, 3.63) is 64.2 Å². The second-order valence-corrected chi connectivity index (χ2v) is 5.63. The number of ether oxygens (including phenoxy) is 1. The summed E-state index contributed by atoms with van der Waals surface area (Å²) < 4.78 is 5.09. The minimum absolute atomic E-state index is 0.185. The summed E-state index contributed by atoms with van der Waals surface area (Å²) in [5.74, 6) is -0.730. The Morgan fingerprint density at radius 1 is 1.26 bits per heavy atom. The number of amides is 1. The van der Waals surface area contributed by atoms with Crippen molar-refractivity contribution in [1.29, 1.82) is 0 Å². The number of fused-ring (bicyclic) bond motifs is 1. The van der Waals surface area contributed by atoms with Crippen LogP contribution in [0.5, 0.6) is 5.75 Å². The lowest BCUT2D eigenvalue weighted by Gasteiger charge is -2.22. The lowest BCUT2D eigenvalue weighted by Crippen LogP contribution is -2.32. The predicted molar refractivity (Wildman–Crippen MR) is 84.7 cm³/mol. The summed E-state index contributed by atoms with van der Waals surface area (Å²) in [6.07, 6.45) is 0. The number of hydrogen-bond donors (Lipinski definition) is 1. The molecule has 0 aliphatic carbocycles. The lowest BCUT2D eigenvalue weighted by molar-refractivity contribution is -0.142. The monoisotopic (exact) mass is 331 g/mol. The fraction of sp³-hybridized carbons (Fsp3) is 0.176. The quantitative estimate of drug-likeness (QED) is 0.934. The Balaban J connectivity index is 1.97. The molecule has 6 heteroatoms. The molecule has 0 aromatic heterocycles. The van der Waals surface area contributed by atoms with Gasteiger partial charge in [-0.25, -0.2) is 4.79 Å². The molecule has 23 heavy (non-hydrogen) atoms. The van der Waals surface area contributed by atoms with Gasteiger partial charge in [0.1, 0.15) is 5.75 Å². The van der Waals surface area contributed by atoms with Crippen molar-refractivity contribution in [2.75, 3.05) is 7.11 Å². The molecule has 1 amide bonds. The van der Waals surface area contributed by atoms with E-state index >= 15 is 0 Å². The zero-order chi connectivity index (χ0) is 16.6. The molecule has 0 radical (unpaired) electrons. The third-order valence-electron chi connectivity index (χ3n) is 3.88. The first-order valence-corrected chi connectivity index (χ1v) is 7.36. The number of carboxylic acid groups (broad SMARTS) is 1. The van der Waals surface area contributed by atoms with Crippen LogP contribution in [0.3, 0.4) is 0 Å². The van der Waals surface area contributed by atoms with E-state index in [4.69, 9.17) is 16.3 Å². The van der Waals surface area contributed by atoms with E-state index < -0.39 is 12.0 Å². The Kier molecular flexibility index (Phi) is 3.96. The SMILES string of the molecule is COc1ccc(CN2C(=O)c3cccc(Cl)c3C2C(=O)O)cc1. The molecule has 1 atom stereocenters. The number of benzene rings is 2. The normalized spacial score (nSPS) is 16.3. The van der Waals surface area contributed by atoms with Gasteiger partial charge in [0.15, 0.2) is 6.04 Å². The molecule has 1 N–H and O–H groups in total. The van der Waals surface area contributed by atoms with Gasteiger partial charge >= 0.3 is 5.97 Å². The number of hydrogen-bond acceptors (Lipinski definition) is 3. The van der Waals surface area contributed by atoms with Crippen LogP contribution in [0.2, 0.25) is 5.02 Å². The van der Waals surface area contributed by atoms with Gasteiger partial charge in [0, 0.05) is 22.7 Å². The van der Waals surface area contributed by atoms with Crippen molar-refractivity contribution < 1.29 is 19.4 Å². The molecule has 3 rings (SSSR count). The molecular formula is C17H14ClNO4. The van der Waals surface area contributed by atoms with Crippen molar-refractivity contribution in [2.24, 2.45) is 0 Å². The van der Waals surface area contributed by atoms with E-state index in [1.54, 1.807) is 49.6 Å². The number of carbonyl (C=O) groups is 2. The summed E-state index contributed by atoms with van der Waals surface area (Å²) >= 11 is 6.12. The summed E-state index contributed by atoms with van der Waals surface area (Å²) in [5, 5.41) is 9.85. The van der Waals surface area contributed by atoms with Crippen molar-refractivity contribution in [3.63, 3.8) is 0 Å². The Labute approximate surface area is 138 Å². The molecule has 0 fully saturated rings. The second kappa shape index (κ2) is 5.93. The zero-order valence-corrected chi connectivity index (χ0v) is 13.1. The van der Waals surface area contributed by atoms with E-state index in [9.17, 15) is 14.7 Å². The Morgan fingerprint density at radius 2 is 1.96 bits per heavy atom. The fourth-order valence-electron chi connectivity index (χ4n) is 2.78. The first-order chi connectivity index (χ1) is 11.0. The van der Waals surface area contributed by atoms with Gasteiger partial charge in [0.2, 0.25) is 0 Å². The number of carbonyl (C=O) groups excluding carboxylic acids is 1. The van der Waals surface area contributed by atoms with Gasteiger partial charge < -0.3 is 14.7 Å². The molecule has 1 aliphatic rings. The third kappa shape index (κ3) is 2.64. The van der Waals surface area contributed by atoms with Gasteiger partial charge in [-0.2, -0.15) is 0 Å². The molecular weight excluding hydrogens is 318 g/mol. The van der Waals surface area contributed by atoms with E-state index in [1.165, 1.54) is 4.90 Å². The van der Waals surface area contributed by atoms with Crippen LogP contribution in [0.1, 0.15) is 27.5 Å². The molecule has 2 aromatic rings. The number of aliphatic carboxylic acids is 1. The first-order valence-electron chi connectivity index (χ1n) is 6.98. The van der Waals surface area contributed by atoms with Crippen molar-refractivity contribution in [1.82, 2.24) is 4.90 Å². The number of nitrogens with zero attached hydrogens (tertiary/aromatic N) is 1. The molecule has 118 valence electrons. The highest BCUT2D eigenvalue weighted by Crippen LogP contribution is 2.39. The number of halogens is 1. The van der Waals surface area contributed by atoms with Crippen LogP contribution in [0.15, 0.2) is 42.5 Å². The van der Waals surface area contributed by atoms with Crippen LogP contribution in [-0.2, 0) is 11.3 Å². The predicted octanol–water partition coefficient (Wildman–Crippen LogP) is 3.13. The first kappa shape index (κ1) is 15.4. The van der Waals surface area contributed by atoms with Crippen LogP contribution >= 0.6 is 11.6 Å². The van der Waals surface area contributed by atoms with Gasteiger partial charge in [0.05, 0.1) is 7.11 Å². The van der Waals surface area contributed by atoms with E-state index in [-0.39, 0.29) is 12.5 Å². The van der Waals surface area contributed by atoms with Crippen LogP contribution in [0.4, 0.5) is 0 Å². The zero-order valence-electron chi connectivity index (χ0n) is 12.3. The highest BCUT2D eigenvalue weighted by Gasteiger charge is 2.42. The molecule has 2 aromatic carbocycles. The Hall–Kier alpha value is -2.53. The van der Waals surface area contributed by atoms with E-state index in [0.717, 1.165) is 5.56 Å². The summed E-state index contributed by atoms with van der Waals surface area (Å²) in [6.45, 7) is 0.185. The summed E-state index contributed by atoms with van der Waals surface area (Å²) in [4.78, 5) is 25.6. The fourth-order valence-corrected chi connectivity index (χ4v) is 3.05. The van der Waals surface area contributed by atoms with Crippen LogP contribution in [-0.4, -0.2) is 29.0 Å². The minimum atomic E-state index is -1.10. The topological polar surface area (TPSA) is 66.8 Å². The smallest absolute Gasteiger partial charge is 0.331 e. The lowest BCUT2D eigenvalue weighted by atomic mass is 10.0. The van der Waals surface area contributed by atoms with E-state index in [0.29, 0.717) is 21.9 Å². The molecule has 1 unspecified atom stereocenters. The number of carboxylic acids is 1. The standard InChI is InChI=1S/C17H14ClNO4/c1-23-11-7-5-10(6-8-11)9-19-15(17(21)22)14-12(16(19)20)3-2-4-13(14)18/h2-8,15H,9H2,1H3,(H,21,22). The highest BCUT2D eigenvalue weighted by atomic mass is 35.5. The van der Waals surface area contributed by atoms with Crippen molar-refractivity contribution in [3.8, 4) is 5.75 Å². The highest BCUT2D eigenvalue weighted by molar-refractivity contribution is 6.32. The molecule has 1 heterocycles. The number of methoxy groups -OCH3 is 1. The van der Waals surface area contributed by atoms with Gasteiger partial charge in [-0.15, -0.1) is 0 Å². The van der Waals surface area contributed by atoms with Crippen molar-refractivity contribution >= 4 is 23.5 Å². The molecule has 0 saturated heterocycles.